The first kappa shape index (κ1) is 20.1. The number of hydrogen-bond acceptors (Lipinski definition) is 4. The summed E-state index contributed by atoms with van der Waals surface area (Å²) in [6.45, 7) is 2.69. The maximum atomic E-state index is 12.8. The van der Waals surface area contributed by atoms with E-state index >= 15 is 0 Å². The smallest absolute Gasteiger partial charge is 0.249 e. The molecule has 0 aliphatic heterocycles. The maximum Gasteiger partial charge on any atom is 0.249 e. The molecule has 0 aliphatic rings. The van der Waals surface area contributed by atoms with Crippen LogP contribution in [0.1, 0.15) is 31.7 Å². The van der Waals surface area contributed by atoms with Crippen molar-refractivity contribution in [2.24, 2.45) is 5.10 Å². The lowest BCUT2D eigenvalue weighted by molar-refractivity contribution is -0.126. The molecule has 0 saturated heterocycles. The summed E-state index contributed by atoms with van der Waals surface area (Å²) in [5.41, 5.74) is 3.44. The predicted molar refractivity (Wildman–Crippen MR) is 102 cm³/mol. The number of anilines is 1. The van der Waals surface area contributed by atoms with Crippen LogP contribution in [0.4, 0.5) is 10.1 Å². The molecule has 2 aromatic rings. The molecule has 0 atom stereocenters. The molecule has 0 heterocycles. The summed E-state index contributed by atoms with van der Waals surface area (Å²) in [6.07, 6.45) is 3.05. The van der Waals surface area contributed by atoms with Crippen LogP contribution in [0.25, 0.3) is 0 Å². The van der Waals surface area contributed by atoms with Gasteiger partial charge in [-0.1, -0.05) is 25.5 Å². The molecule has 0 aromatic heterocycles. The zero-order chi connectivity index (χ0) is 19.5. The van der Waals surface area contributed by atoms with Gasteiger partial charge < -0.3 is 10.1 Å². The minimum absolute atomic E-state index is 0.399. The van der Waals surface area contributed by atoms with Gasteiger partial charge in [0.25, 0.3) is 0 Å². The van der Waals surface area contributed by atoms with Crippen LogP contribution >= 0.6 is 0 Å². The molecule has 0 unspecified atom stereocenters. The SMILES string of the molecule is CCCCOc1ccccc1C=NNC(=O)CC(=O)Nc1ccc(F)cc1. The van der Waals surface area contributed by atoms with E-state index in [1.54, 1.807) is 0 Å². The Balaban J connectivity index is 1.82. The molecular formula is C20H22FN3O3. The number of para-hydroxylation sites is 1. The fraction of sp³-hybridized carbons (Fsp3) is 0.250. The molecule has 2 N–H and O–H groups in total. The lowest BCUT2D eigenvalue weighted by atomic mass is 10.2. The van der Waals surface area contributed by atoms with E-state index in [0.717, 1.165) is 18.4 Å². The first-order chi connectivity index (χ1) is 13.1. The summed E-state index contributed by atoms with van der Waals surface area (Å²) in [5, 5.41) is 6.38. The molecule has 0 aliphatic carbocycles. The minimum atomic E-state index is -0.560. The van der Waals surface area contributed by atoms with Crippen LogP contribution in [-0.2, 0) is 9.59 Å². The van der Waals surface area contributed by atoms with Gasteiger partial charge in [-0.15, -0.1) is 0 Å². The van der Waals surface area contributed by atoms with Gasteiger partial charge in [0.15, 0.2) is 0 Å². The molecule has 0 bridgehead atoms. The van der Waals surface area contributed by atoms with Gasteiger partial charge in [0.2, 0.25) is 11.8 Å². The van der Waals surface area contributed by atoms with Gasteiger partial charge in [0, 0.05) is 11.3 Å². The Morgan fingerprint density at radius 3 is 2.59 bits per heavy atom. The zero-order valence-electron chi connectivity index (χ0n) is 15.1. The van der Waals surface area contributed by atoms with E-state index in [2.05, 4.69) is 22.8 Å². The molecule has 142 valence electrons. The number of nitrogens with zero attached hydrogens (tertiary/aromatic N) is 1. The van der Waals surface area contributed by atoms with E-state index < -0.39 is 24.1 Å². The Bertz CT molecular complexity index is 791. The topological polar surface area (TPSA) is 79.8 Å². The number of carbonyl (C=O) groups is 2. The van der Waals surface area contributed by atoms with E-state index in [1.165, 1.54) is 30.5 Å². The highest BCUT2D eigenvalue weighted by molar-refractivity contribution is 6.03. The highest BCUT2D eigenvalue weighted by Crippen LogP contribution is 2.16. The standard InChI is InChI=1S/C20H22FN3O3/c1-2-3-12-27-18-7-5-4-6-15(18)14-22-24-20(26)13-19(25)23-17-10-8-16(21)9-11-17/h4-11,14H,2-3,12-13H2,1H3,(H,23,25)(H,24,26). The van der Waals surface area contributed by atoms with Gasteiger partial charge in [0.1, 0.15) is 18.0 Å². The van der Waals surface area contributed by atoms with Crippen LogP contribution in [0.3, 0.4) is 0 Å². The summed E-state index contributed by atoms with van der Waals surface area (Å²) in [4.78, 5) is 23.6. The van der Waals surface area contributed by atoms with Crippen LogP contribution < -0.4 is 15.5 Å². The molecular weight excluding hydrogens is 349 g/mol. The zero-order valence-corrected chi connectivity index (χ0v) is 15.1. The Hall–Kier alpha value is -3.22. The van der Waals surface area contributed by atoms with E-state index in [1.807, 2.05) is 24.3 Å². The third-order valence-electron chi connectivity index (χ3n) is 3.52. The van der Waals surface area contributed by atoms with Gasteiger partial charge >= 0.3 is 0 Å². The number of benzene rings is 2. The number of amides is 2. The van der Waals surface area contributed by atoms with Crippen LogP contribution in [0, 0.1) is 5.82 Å². The van der Waals surface area contributed by atoms with E-state index in [-0.39, 0.29) is 0 Å². The monoisotopic (exact) mass is 371 g/mol. The molecule has 0 fully saturated rings. The first-order valence-corrected chi connectivity index (χ1v) is 8.67. The molecule has 27 heavy (non-hydrogen) atoms. The number of nitrogens with one attached hydrogen (secondary N) is 2. The van der Waals surface area contributed by atoms with Crippen molar-refractivity contribution in [3.63, 3.8) is 0 Å². The lowest BCUT2D eigenvalue weighted by Gasteiger charge is -2.08. The molecule has 2 aromatic carbocycles. The predicted octanol–water partition coefficient (Wildman–Crippen LogP) is 3.48. The van der Waals surface area contributed by atoms with Crippen LogP contribution in [-0.4, -0.2) is 24.6 Å². The van der Waals surface area contributed by atoms with Gasteiger partial charge in [-0.05, 0) is 42.8 Å². The van der Waals surface area contributed by atoms with Crippen molar-refractivity contribution in [1.29, 1.82) is 0 Å². The Kier molecular flexibility index (Phi) is 7.96. The second-order valence-corrected chi connectivity index (χ2v) is 5.76. The number of rotatable bonds is 9. The van der Waals surface area contributed by atoms with Gasteiger partial charge in [-0.2, -0.15) is 5.10 Å². The van der Waals surface area contributed by atoms with Crippen molar-refractivity contribution in [2.75, 3.05) is 11.9 Å². The van der Waals surface area contributed by atoms with Crippen molar-refractivity contribution >= 4 is 23.7 Å². The third kappa shape index (κ3) is 7.27. The number of unbranched alkanes of at least 4 members (excludes halogenated alkanes) is 1. The number of halogens is 1. The molecule has 2 amide bonds. The Morgan fingerprint density at radius 1 is 1.11 bits per heavy atom. The van der Waals surface area contributed by atoms with E-state index in [9.17, 15) is 14.0 Å². The molecule has 0 spiro atoms. The first-order valence-electron chi connectivity index (χ1n) is 8.67. The molecule has 0 radical (unpaired) electrons. The molecule has 6 nitrogen and oxygen atoms in total. The highest BCUT2D eigenvalue weighted by atomic mass is 19.1. The summed E-state index contributed by atoms with van der Waals surface area (Å²) < 4.78 is 18.5. The largest absolute Gasteiger partial charge is 0.493 e. The Labute approximate surface area is 157 Å². The minimum Gasteiger partial charge on any atom is -0.493 e. The third-order valence-corrected chi connectivity index (χ3v) is 3.52. The van der Waals surface area contributed by atoms with E-state index in [4.69, 9.17) is 4.74 Å². The maximum absolute atomic E-state index is 12.8. The average Bonchev–Trinajstić information content (AvgIpc) is 2.65. The van der Waals surface area contributed by atoms with E-state index in [0.29, 0.717) is 18.0 Å². The van der Waals surface area contributed by atoms with Crippen LogP contribution in [0.5, 0.6) is 5.75 Å². The summed E-state index contributed by atoms with van der Waals surface area (Å²) in [7, 11) is 0. The highest BCUT2D eigenvalue weighted by Gasteiger charge is 2.09. The van der Waals surface area contributed by atoms with Crippen molar-refractivity contribution in [1.82, 2.24) is 5.43 Å². The molecule has 0 saturated carbocycles. The summed E-state index contributed by atoms with van der Waals surface area (Å²) >= 11 is 0. The average molecular weight is 371 g/mol. The van der Waals surface area contributed by atoms with Crippen LogP contribution in [0.2, 0.25) is 0 Å². The normalized spacial score (nSPS) is 10.6. The van der Waals surface area contributed by atoms with Gasteiger partial charge in [-0.3, -0.25) is 9.59 Å². The van der Waals surface area contributed by atoms with Gasteiger partial charge in [0.05, 0.1) is 12.8 Å². The quantitative estimate of drug-likeness (QED) is 0.306. The number of hydrazone groups is 1. The van der Waals surface area contributed by atoms with Crippen molar-refractivity contribution < 1.29 is 18.7 Å². The second-order valence-electron chi connectivity index (χ2n) is 5.76. The van der Waals surface area contributed by atoms with Gasteiger partial charge in [-0.25, -0.2) is 9.82 Å². The van der Waals surface area contributed by atoms with Crippen molar-refractivity contribution in [3.05, 3.63) is 59.9 Å². The number of carbonyl (C=O) groups excluding carboxylic acids is 2. The molecule has 7 heteroatoms. The summed E-state index contributed by atoms with van der Waals surface area (Å²) in [6, 6.07) is 12.6. The second kappa shape index (κ2) is 10.7. The number of ether oxygens (including phenoxy) is 1. The molecule has 2 rings (SSSR count). The lowest BCUT2D eigenvalue weighted by Crippen LogP contribution is -2.24. The fourth-order valence-corrected chi connectivity index (χ4v) is 2.14. The fourth-order valence-electron chi connectivity index (χ4n) is 2.14. The van der Waals surface area contributed by atoms with Crippen LogP contribution in [0.15, 0.2) is 53.6 Å². The van der Waals surface area contributed by atoms with Crippen molar-refractivity contribution in [3.8, 4) is 5.75 Å². The summed E-state index contributed by atoms with van der Waals surface area (Å²) in [5.74, 6) is -0.801. The number of hydrogen-bond donors (Lipinski definition) is 2. The Morgan fingerprint density at radius 2 is 1.85 bits per heavy atom. The van der Waals surface area contributed by atoms with Crippen molar-refractivity contribution in [2.45, 2.75) is 26.2 Å².